The molecule has 2 rings (SSSR count). The quantitative estimate of drug-likeness (QED) is 0.814. The van der Waals surface area contributed by atoms with Gasteiger partial charge in [0.15, 0.2) is 0 Å². The number of carbonyl (C=O) groups is 2. The monoisotopic (exact) mass is 395 g/mol. The Labute approximate surface area is 152 Å². The predicted octanol–water partition coefficient (Wildman–Crippen LogP) is 3.77. The number of carbonyl (C=O) groups excluding carboxylic acids is 2. The molecule has 3 amide bonds. The van der Waals surface area contributed by atoms with Crippen molar-refractivity contribution in [1.29, 1.82) is 0 Å². The van der Waals surface area contributed by atoms with E-state index in [2.05, 4.69) is 26.6 Å². The molecule has 1 heterocycles. The molecule has 0 bridgehead atoms. The third-order valence-corrected chi connectivity index (χ3v) is 5.19. The Bertz CT molecular complexity index is 604. The Hall–Kier alpha value is -1.56. The average Bonchev–Trinajstić information content (AvgIpc) is 2.56. The molecule has 1 fully saturated rings. The minimum atomic E-state index is -0.0726. The summed E-state index contributed by atoms with van der Waals surface area (Å²) in [6.45, 7) is 7.84. The molecular formula is C18H26BrN3O2. The lowest BCUT2D eigenvalue weighted by atomic mass is 9.98. The average molecular weight is 396 g/mol. The number of anilines is 1. The van der Waals surface area contributed by atoms with Crippen molar-refractivity contribution in [3.63, 3.8) is 0 Å². The number of rotatable bonds is 4. The van der Waals surface area contributed by atoms with Crippen LogP contribution in [0.2, 0.25) is 0 Å². The Morgan fingerprint density at radius 2 is 2.12 bits per heavy atom. The van der Waals surface area contributed by atoms with Gasteiger partial charge in [0.1, 0.15) is 0 Å². The van der Waals surface area contributed by atoms with Gasteiger partial charge in [-0.05, 0) is 49.4 Å². The van der Waals surface area contributed by atoms with Crippen LogP contribution >= 0.6 is 15.9 Å². The second-order valence-electron chi connectivity index (χ2n) is 6.75. The van der Waals surface area contributed by atoms with Crippen LogP contribution < -0.4 is 10.6 Å². The van der Waals surface area contributed by atoms with E-state index in [0.29, 0.717) is 19.0 Å². The number of amides is 3. The van der Waals surface area contributed by atoms with Gasteiger partial charge in [-0.2, -0.15) is 0 Å². The summed E-state index contributed by atoms with van der Waals surface area (Å²) in [5, 5.41) is 5.93. The van der Waals surface area contributed by atoms with E-state index in [1.54, 1.807) is 0 Å². The zero-order valence-corrected chi connectivity index (χ0v) is 16.1. The number of aryl methyl sites for hydroxylation is 1. The van der Waals surface area contributed by atoms with Gasteiger partial charge in [0, 0.05) is 35.7 Å². The molecule has 1 atom stereocenters. The lowest BCUT2D eigenvalue weighted by Crippen LogP contribution is -2.45. The van der Waals surface area contributed by atoms with Gasteiger partial charge in [0.25, 0.3) is 0 Å². The van der Waals surface area contributed by atoms with Crippen molar-refractivity contribution in [3.8, 4) is 0 Å². The van der Waals surface area contributed by atoms with Crippen molar-refractivity contribution in [2.45, 2.75) is 33.6 Å². The number of likely N-dealkylation sites (tertiary alicyclic amines) is 1. The summed E-state index contributed by atoms with van der Waals surface area (Å²) in [5.41, 5.74) is 1.89. The summed E-state index contributed by atoms with van der Waals surface area (Å²) in [6, 6.07) is 5.70. The summed E-state index contributed by atoms with van der Waals surface area (Å²) in [6.07, 6.45) is 2.01. The van der Waals surface area contributed by atoms with E-state index in [9.17, 15) is 9.59 Å². The van der Waals surface area contributed by atoms with Crippen LogP contribution in [-0.4, -0.2) is 36.5 Å². The number of nitrogens with one attached hydrogen (secondary N) is 2. The van der Waals surface area contributed by atoms with E-state index in [0.717, 1.165) is 35.1 Å². The van der Waals surface area contributed by atoms with Crippen molar-refractivity contribution in [2.75, 3.05) is 25.0 Å². The first kappa shape index (κ1) is 18.8. The van der Waals surface area contributed by atoms with Gasteiger partial charge >= 0.3 is 6.03 Å². The molecule has 2 N–H and O–H groups in total. The topological polar surface area (TPSA) is 61.4 Å². The van der Waals surface area contributed by atoms with E-state index in [1.807, 2.05) is 43.9 Å². The SMILES string of the molecule is Cc1cc(NC(=O)N2CCC[C@H](CNC(=O)C(C)C)C2)ccc1Br. The fourth-order valence-corrected chi connectivity index (χ4v) is 3.04. The summed E-state index contributed by atoms with van der Waals surface area (Å²) < 4.78 is 1.03. The maximum atomic E-state index is 12.5. The number of hydrogen-bond donors (Lipinski definition) is 2. The number of urea groups is 1. The van der Waals surface area contributed by atoms with Crippen LogP contribution in [0.4, 0.5) is 10.5 Å². The van der Waals surface area contributed by atoms with Crippen molar-refractivity contribution < 1.29 is 9.59 Å². The summed E-state index contributed by atoms with van der Waals surface area (Å²) in [4.78, 5) is 26.0. The lowest BCUT2D eigenvalue weighted by molar-refractivity contribution is -0.124. The smallest absolute Gasteiger partial charge is 0.321 e. The fourth-order valence-electron chi connectivity index (χ4n) is 2.79. The minimum Gasteiger partial charge on any atom is -0.356 e. The molecule has 5 nitrogen and oxygen atoms in total. The van der Waals surface area contributed by atoms with Crippen LogP contribution in [0.25, 0.3) is 0 Å². The zero-order chi connectivity index (χ0) is 17.7. The van der Waals surface area contributed by atoms with E-state index in [-0.39, 0.29) is 17.9 Å². The maximum absolute atomic E-state index is 12.5. The summed E-state index contributed by atoms with van der Waals surface area (Å²) in [7, 11) is 0. The van der Waals surface area contributed by atoms with Crippen LogP contribution in [0.15, 0.2) is 22.7 Å². The number of halogens is 1. The van der Waals surface area contributed by atoms with Gasteiger partial charge in [-0.15, -0.1) is 0 Å². The van der Waals surface area contributed by atoms with Gasteiger partial charge < -0.3 is 15.5 Å². The van der Waals surface area contributed by atoms with Crippen molar-refractivity contribution >= 4 is 33.6 Å². The van der Waals surface area contributed by atoms with Crippen molar-refractivity contribution in [3.05, 3.63) is 28.2 Å². The van der Waals surface area contributed by atoms with Crippen LogP contribution in [0.5, 0.6) is 0 Å². The van der Waals surface area contributed by atoms with Gasteiger partial charge in [0.2, 0.25) is 5.91 Å². The van der Waals surface area contributed by atoms with E-state index in [1.165, 1.54) is 0 Å². The molecule has 1 aliphatic heterocycles. The Kier molecular flexibility index (Phi) is 6.66. The first-order valence-corrected chi connectivity index (χ1v) is 9.26. The second kappa shape index (κ2) is 8.51. The van der Waals surface area contributed by atoms with Crippen LogP contribution in [0.1, 0.15) is 32.3 Å². The highest BCUT2D eigenvalue weighted by Crippen LogP contribution is 2.21. The highest BCUT2D eigenvalue weighted by molar-refractivity contribution is 9.10. The maximum Gasteiger partial charge on any atom is 0.321 e. The van der Waals surface area contributed by atoms with E-state index < -0.39 is 0 Å². The summed E-state index contributed by atoms with van der Waals surface area (Å²) >= 11 is 3.46. The first-order valence-electron chi connectivity index (χ1n) is 8.46. The highest BCUT2D eigenvalue weighted by atomic mass is 79.9. The molecule has 6 heteroatoms. The van der Waals surface area contributed by atoms with Crippen LogP contribution in [-0.2, 0) is 4.79 Å². The predicted molar refractivity (Wildman–Crippen MR) is 100 cm³/mol. The normalized spacial score (nSPS) is 17.7. The molecule has 1 aromatic rings. The Morgan fingerprint density at radius 3 is 2.79 bits per heavy atom. The van der Waals surface area contributed by atoms with Gasteiger partial charge in [-0.1, -0.05) is 29.8 Å². The molecule has 0 saturated carbocycles. The molecule has 132 valence electrons. The first-order chi connectivity index (χ1) is 11.4. The largest absolute Gasteiger partial charge is 0.356 e. The van der Waals surface area contributed by atoms with Crippen molar-refractivity contribution in [2.24, 2.45) is 11.8 Å². The summed E-state index contributed by atoms with van der Waals surface area (Å²) in [5.74, 6) is 0.384. The number of nitrogens with zero attached hydrogens (tertiary/aromatic N) is 1. The number of piperidine rings is 1. The van der Waals surface area contributed by atoms with E-state index >= 15 is 0 Å². The molecule has 24 heavy (non-hydrogen) atoms. The molecule has 1 saturated heterocycles. The molecule has 0 unspecified atom stereocenters. The molecular weight excluding hydrogens is 370 g/mol. The minimum absolute atomic E-state index is 0.00589. The Balaban J connectivity index is 1.87. The Morgan fingerprint density at radius 1 is 1.38 bits per heavy atom. The van der Waals surface area contributed by atoms with Crippen molar-refractivity contribution in [1.82, 2.24) is 10.2 Å². The third-order valence-electron chi connectivity index (χ3n) is 4.30. The number of hydrogen-bond acceptors (Lipinski definition) is 2. The van der Waals surface area contributed by atoms with Gasteiger partial charge in [-0.25, -0.2) is 4.79 Å². The lowest BCUT2D eigenvalue weighted by Gasteiger charge is -2.33. The van der Waals surface area contributed by atoms with Gasteiger partial charge in [0.05, 0.1) is 0 Å². The zero-order valence-electron chi connectivity index (χ0n) is 14.6. The number of benzene rings is 1. The molecule has 0 radical (unpaired) electrons. The fraction of sp³-hybridized carbons (Fsp3) is 0.556. The molecule has 0 spiro atoms. The molecule has 0 aliphatic carbocycles. The third kappa shape index (κ3) is 5.23. The van der Waals surface area contributed by atoms with Gasteiger partial charge in [-0.3, -0.25) is 4.79 Å². The standard InChI is InChI=1S/C18H26BrN3O2/c1-12(2)17(23)20-10-14-5-4-8-22(11-14)18(24)21-15-6-7-16(19)13(3)9-15/h6-7,9,12,14H,4-5,8,10-11H2,1-3H3,(H,20,23)(H,21,24)/t14-/m1/s1. The van der Waals surface area contributed by atoms with Crippen LogP contribution in [0, 0.1) is 18.8 Å². The molecule has 1 aliphatic rings. The van der Waals surface area contributed by atoms with E-state index in [4.69, 9.17) is 0 Å². The second-order valence-corrected chi connectivity index (χ2v) is 7.60. The van der Waals surface area contributed by atoms with Crippen LogP contribution in [0.3, 0.4) is 0 Å². The molecule has 0 aromatic heterocycles. The highest BCUT2D eigenvalue weighted by Gasteiger charge is 2.24. The molecule has 1 aromatic carbocycles.